The molecule has 5 rings (SSSR count). The first-order valence-corrected chi connectivity index (χ1v) is 16.5. The quantitative estimate of drug-likeness (QED) is 0.205. The minimum Gasteiger partial charge on any atom is -0.487 e. The van der Waals surface area contributed by atoms with E-state index in [1.807, 2.05) is 42.3 Å². The number of pyridine rings is 1. The number of hydrogen-bond acceptors (Lipinski definition) is 6. The number of hydrogen-bond donors (Lipinski definition) is 2. The summed E-state index contributed by atoms with van der Waals surface area (Å²) in [6.07, 6.45) is 5.34. The van der Waals surface area contributed by atoms with Crippen LogP contribution in [0.1, 0.15) is 54.4 Å². The van der Waals surface area contributed by atoms with E-state index in [2.05, 4.69) is 21.7 Å². The molecule has 2 fully saturated rings. The second-order valence-corrected chi connectivity index (χ2v) is 13.0. The van der Waals surface area contributed by atoms with Crippen molar-refractivity contribution < 1.29 is 19.1 Å². The molecule has 2 amide bonds. The molecule has 1 saturated carbocycles. The van der Waals surface area contributed by atoms with Crippen LogP contribution in [0.3, 0.4) is 0 Å². The average molecular weight is 674 g/mol. The number of nitrogens with one attached hydrogen (secondary N) is 2. The summed E-state index contributed by atoms with van der Waals surface area (Å²) >= 11 is 19.1. The standard InChI is InChI=1S/C34H39Cl3N4O4/c1-21-15-30(36)33(31(37)16-21)45-14-13-44-32-8-4-24(18-40-32)27-10-11-38-19-28(27)34(43)41(26-5-6-26)20-25-17-23(3-7-29(25)35)9-12-39-22(2)42/h3-4,7-8,15-18,26-28,38H,5-6,9-14,19-20H2,1-2H3,(H,39,42)/t27-,28+/m1/s1. The predicted molar refractivity (Wildman–Crippen MR) is 178 cm³/mol. The summed E-state index contributed by atoms with van der Waals surface area (Å²) in [7, 11) is 0. The van der Waals surface area contributed by atoms with Crippen molar-refractivity contribution in [2.24, 2.45) is 5.92 Å². The Labute approximate surface area is 279 Å². The van der Waals surface area contributed by atoms with Gasteiger partial charge in [0, 0.05) is 49.9 Å². The molecule has 1 saturated heterocycles. The predicted octanol–water partition coefficient (Wildman–Crippen LogP) is 6.37. The number of halogens is 3. The molecule has 8 nitrogen and oxygen atoms in total. The maximum Gasteiger partial charge on any atom is 0.228 e. The summed E-state index contributed by atoms with van der Waals surface area (Å²) < 4.78 is 11.5. The molecule has 1 aliphatic heterocycles. The normalized spacial score (nSPS) is 17.9. The number of piperidine rings is 1. The molecule has 0 unspecified atom stereocenters. The topological polar surface area (TPSA) is 92.8 Å². The first kappa shape index (κ1) is 33.3. The van der Waals surface area contributed by atoms with Crippen LogP contribution in [0.15, 0.2) is 48.7 Å². The molecule has 0 bridgehead atoms. The van der Waals surface area contributed by atoms with Crippen LogP contribution < -0.4 is 20.1 Å². The Morgan fingerprint density at radius 2 is 1.76 bits per heavy atom. The van der Waals surface area contributed by atoms with E-state index in [0.717, 1.165) is 48.1 Å². The van der Waals surface area contributed by atoms with Gasteiger partial charge in [0.25, 0.3) is 0 Å². The third-order valence-electron chi connectivity index (χ3n) is 8.22. The molecule has 2 atom stereocenters. The lowest BCUT2D eigenvalue weighted by molar-refractivity contribution is -0.138. The van der Waals surface area contributed by atoms with E-state index >= 15 is 0 Å². The van der Waals surface area contributed by atoms with Gasteiger partial charge in [0.15, 0.2) is 5.75 Å². The minimum absolute atomic E-state index is 0.0372. The molecule has 2 aliphatic rings. The van der Waals surface area contributed by atoms with Gasteiger partial charge in [0.1, 0.15) is 13.2 Å². The zero-order valence-corrected chi connectivity index (χ0v) is 27.9. The van der Waals surface area contributed by atoms with Gasteiger partial charge in [-0.25, -0.2) is 4.98 Å². The fourth-order valence-corrected chi connectivity index (χ4v) is 6.67. The lowest BCUT2D eigenvalue weighted by atomic mass is 9.81. The molecule has 0 radical (unpaired) electrons. The molecule has 11 heteroatoms. The monoisotopic (exact) mass is 672 g/mol. The van der Waals surface area contributed by atoms with Crippen molar-refractivity contribution in [3.8, 4) is 11.6 Å². The van der Waals surface area contributed by atoms with Crippen LogP contribution in [0, 0.1) is 12.8 Å². The number of amides is 2. The largest absolute Gasteiger partial charge is 0.487 e. The van der Waals surface area contributed by atoms with Gasteiger partial charge in [-0.05, 0) is 85.5 Å². The van der Waals surface area contributed by atoms with Gasteiger partial charge in [-0.2, -0.15) is 0 Å². The van der Waals surface area contributed by atoms with Crippen molar-refractivity contribution in [3.63, 3.8) is 0 Å². The average Bonchev–Trinajstić information content (AvgIpc) is 3.86. The highest BCUT2D eigenvalue weighted by atomic mass is 35.5. The number of aryl methyl sites for hydroxylation is 1. The Balaban J connectivity index is 1.21. The molecule has 45 heavy (non-hydrogen) atoms. The van der Waals surface area contributed by atoms with Crippen molar-refractivity contribution in [2.45, 2.75) is 58.0 Å². The van der Waals surface area contributed by atoms with Crippen LogP contribution in [0.5, 0.6) is 11.6 Å². The zero-order valence-electron chi connectivity index (χ0n) is 25.6. The maximum absolute atomic E-state index is 14.2. The third kappa shape index (κ3) is 9.03. The fourth-order valence-electron chi connectivity index (χ4n) is 5.79. The van der Waals surface area contributed by atoms with Crippen molar-refractivity contribution in [2.75, 3.05) is 32.8 Å². The summed E-state index contributed by atoms with van der Waals surface area (Å²) in [5, 5.41) is 7.83. The van der Waals surface area contributed by atoms with Crippen LogP contribution >= 0.6 is 34.8 Å². The molecule has 240 valence electrons. The number of ether oxygens (including phenoxy) is 2. The number of nitrogens with zero attached hydrogens (tertiary/aromatic N) is 2. The van der Waals surface area contributed by atoms with Crippen molar-refractivity contribution in [1.82, 2.24) is 20.5 Å². The molecular formula is C34H39Cl3N4O4. The summed E-state index contributed by atoms with van der Waals surface area (Å²) in [4.78, 5) is 32.0. The van der Waals surface area contributed by atoms with E-state index in [4.69, 9.17) is 44.3 Å². The second-order valence-electron chi connectivity index (χ2n) is 11.7. The van der Waals surface area contributed by atoms with E-state index in [1.165, 1.54) is 6.92 Å². The fraction of sp³-hybridized carbons (Fsp3) is 0.441. The Morgan fingerprint density at radius 1 is 1.00 bits per heavy atom. The number of benzene rings is 2. The molecule has 2 aromatic carbocycles. The summed E-state index contributed by atoms with van der Waals surface area (Å²) in [5.74, 6) is 0.827. The number of carbonyl (C=O) groups excluding carboxylic acids is 2. The highest BCUT2D eigenvalue weighted by Gasteiger charge is 2.40. The molecular weight excluding hydrogens is 635 g/mol. The summed E-state index contributed by atoms with van der Waals surface area (Å²) in [5.41, 5.74) is 3.98. The van der Waals surface area contributed by atoms with E-state index in [1.54, 1.807) is 12.1 Å². The van der Waals surface area contributed by atoms with Gasteiger partial charge in [-0.1, -0.05) is 53.0 Å². The lowest BCUT2D eigenvalue weighted by Crippen LogP contribution is -2.47. The Hall–Kier alpha value is -3.04. The minimum atomic E-state index is -0.216. The van der Waals surface area contributed by atoms with Gasteiger partial charge in [-0.15, -0.1) is 0 Å². The van der Waals surface area contributed by atoms with E-state index in [0.29, 0.717) is 52.8 Å². The number of rotatable bonds is 13. The second kappa shape index (κ2) is 15.5. The molecule has 0 spiro atoms. The first-order valence-electron chi connectivity index (χ1n) is 15.4. The van der Waals surface area contributed by atoms with E-state index < -0.39 is 0 Å². The molecule has 2 heterocycles. The number of carbonyl (C=O) groups is 2. The van der Waals surface area contributed by atoms with E-state index in [9.17, 15) is 9.59 Å². The van der Waals surface area contributed by atoms with Crippen LogP contribution in [0.4, 0.5) is 0 Å². The third-order valence-corrected chi connectivity index (χ3v) is 9.15. The SMILES string of the molecule is CC(=O)NCCc1ccc(Cl)c(CN(C(=O)[C@H]2CNCC[C@@H]2c2ccc(OCCOc3c(Cl)cc(C)cc3Cl)nc2)C2CC2)c1. The van der Waals surface area contributed by atoms with Crippen LogP contribution in [-0.2, 0) is 22.6 Å². The molecule has 2 N–H and O–H groups in total. The molecule has 1 aromatic heterocycles. The summed E-state index contributed by atoms with van der Waals surface area (Å²) in [6, 6.07) is 13.6. The smallest absolute Gasteiger partial charge is 0.228 e. The van der Waals surface area contributed by atoms with Crippen LogP contribution in [0.2, 0.25) is 15.1 Å². The van der Waals surface area contributed by atoms with Crippen LogP contribution in [0.25, 0.3) is 0 Å². The van der Waals surface area contributed by atoms with Gasteiger partial charge in [0.05, 0.1) is 16.0 Å². The van der Waals surface area contributed by atoms with Crippen molar-refractivity contribution in [3.05, 3.63) is 86.0 Å². The molecule has 1 aliphatic carbocycles. The Kier molecular flexibility index (Phi) is 11.5. The highest BCUT2D eigenvalue weighted by molar-refractivity contribution is 6.37. The highest BCUT2D eigenvalue weighted by Crippen LogP contribution is 2.37. The maximum atomic E-state index is 14.2. The summed E-state index contributed by atoms with van der Waals surface area (Å²) in [6.45, 7) is 6.42. The van der Waals surface area contributed by atoms with Crippen molar-refractivity contribution in [1.29, 1.82) is 0 Å². The Bertz CT molecular complexity index is 1480. The van der Waals surface area contributed by atoms with Gasteiger partial charge >= 0.3 is 0 Å². The van der Waals surface area contributed by atoms with Crippen LogP contribution in [-0.4, -0.2) is 60.6 Å². The molecule has 3 aromatic rings. The van der Waals surface area contributed by atoms with Gasteiger partial charge in [0.2, 0.25) is 17.7 Å². The van der Waals surface area contributed by atoms with Gasteiger partial charge in [-0.3, -0.25) is 9.59 Å². The van der Waals surface area contributed by atoms with Crippen molar-refractivity contribution >= 4 is 46.6 Å². The van der Waals surface area contributed by atoms with E-state index in [-0.39, 0.29) is 42.9 Å². The zero-order chi connectivity index (χ0) is 31.9. The van der Waals surface area contributed by atoms with Gasteiger partial charge < -0.3 is 25.0 Å². The lowest BCUT2D eigenvalue weighted by Gasteiger charge is -2.35. The number of aromatic nitrogens is 1. The Morgan fingerprint density at radius 3 is 2.44 bits per heavy atom. The first-order chi connectivity index (χ1) is 21.7.